The highest BCUT2D eigenvalue weighted by Crippen LogP contribution is 2.04. The number of rotatable bonds is 7. The standard InChI is InChI=1S/C14H20BrNO/c1-16(14(17)9-5-6-11-15)12-10-13-7-3-2-4-8-13/h2-4,7-8H,5-6,9-12H2,1H3. The molecule has 0 fully saturated rings. The lowest BCUT2D eigenvalue weighted by Crippen LogP contribution is -2.28. The smallest absolute Gasteiger partial charge is 0.222 e. The summed E-state index contributed by atoms with van der Waals surface area (Å²) in [5.74, 6) is 0.252. The van der Waals surface area contributed by atoms with Crippen LogP contribution in [0.4, 0.5) is 0 Å². The van der Waals surface area contributed by atoms with Crippen LogP contribution in [0.2, 0.25) is 0 Å². The molecule has 1 amide bonds. The van der Waals surface area contributed by atoms with Crippen LogP contribution in [0.25, 0.3) is 0 Å². The van der Waals surface area contributed by atoms with Gasteiger partial charge in [-0.25, -0.2) is 0 Å². The number of amides is 1. The zero-order valence-corrected chi connectivity index (χ0v) is 11.9. The maximum Gasteiger partial charge on any atom is 0.222 e. The molecule has 0 aliphatic carbocycles. The molecule has 3 heteroatoms. The summed E-state index contributed by atoms with van der Waals surface area (Å²) < 4.78 is 0. The molecule has 0 spiro atoms. The van der Waals surface area contributed by atoms with Crippen LogP contribution in [0.3, 0.4) is 0 Å². The van der Waals surface area contributed by atoms with Gasteiger partial charge in [-0.2, -0.15) is 0 Å². The molecule has 0 atom stereocenters. The molecule has 0 unspecified atom stereocenters. The number of hydrogen-bond donors (Lipinski definition) is 0. The fraction of sp³-hybridized carbons (Fsp3) is 0.500. The number of likely N-dealkylation sites (N-methyl/N-ethyl adjacent to an activating group) is 1. The second-order valence-corrected chi connectivity index (χ2v) is 4.99. The molecule has 1 rings (SSSR count). The van der Waals surface area contributed by atoms with E-state index in [4.69, 9.17) is 0 Å². The third-order valence-electron chi connectivity index (χ3n) is 2.78. The predicted octanol–water partition coefficient (Wildman–Crippen LogP) is 3.25. The van der Waals surface area contributed by atoms with Gasteiger partial charge >= 0.3 is 0 Å². The van der Waals surface area contributed by atoms with E-state index in [2.05, 4.69) is 28.1 Å². The average molecular weight is 298 g/mol. The van der Waals surface area contributed by atoms with Gasteiger partial charge in [-0.1, -0.05) is 46.3 Å². The van der Waals surface area contributed by atoms with Crippen molar-refractivity contribution in [1.82, 2.24) is 4.90 Å². The summed E-state index contributed by atoms with van der Waals surface area (Å²) in [6.45, 7) is 0.803. The minimum Gasteiger partial charge on any atom is -0.345 e. The van der Waals surface area contributed by atoms with Crippen LogP contribution in [0, 0.1) is 0 Å². The molecule has 94 valence electrons. The highest BCUT2D eigenvalue weighted by atomic mass is 79.9. The summed E-state index contributed by atoms with van der Waals surface area (Å²) in [4.78, 5) is 13.6. The normalized spacial score (nSPS) is 10.2. The Hall–Kier alpha value is -0.830. The Morgan fingerprint density at radius 2 is 1.94 bits per heavy atom. The fourth-order valence-electron chi connectivity index (χ4n) is 1.63. The van der Waals surface area contributed by atoms with E-state index in [0.717, 1.165) is 31.1 Å². The minimum absolute atomic E-state index is 0.252. The monoisotopic (exact) mass is 297 g/mol. The van der Waals surface area contributed by atoms with E-state index in [1.54, 1.807) is 0 Å². The molecular weight excluding hydrogens is 278 g/mol. The number of benzene rings is 1. The second-order valence-electron chi connectivity index (χ2n) is 4.20. The highest BCUT2D eigenvalue weighted by molar-refractivity contribution is 9.09. The van der Waals surface area contributed by atoms with Crippen LogP contribution in [-0.4, -0.2) is 29.7 Å². The molecule has 0 saturated carbocycles. The van der Waals surface area contributed by atoms with E-state index in [-0.39, 0.29) is 5.91 Å². The topological polar surface area (TPSA) is 20.3 Å². The van der Waals surface area contributed by atoms with Crippen LogP contribution in [0.15, 0.2) is 30.3 Å². The third-order valence-corrected chi connectivity index (χ3v) is 3.34. The molecule has 0 heterocycles. The summed E-state index contributed by atoms with van der Waals surface area (Å²) in [6.07, 6.45) is 3.64. The van der Waals surface area contributed by atoms with Gasteiger partial charge in [0, 0.05) is 25.3 Å². The van der Waals surface area contributed by atoms with E-state index in [1.807, 2.05) is 30.1 Å². The van der Waals surface area contributed by atoms with Gasteiger partial charge in [0.1, 0.15) is 0 Å². The minimum atomic E-state index is 0.252. The van der Waals surface area contributed by atoms with Gasteiger partial charge in [-0.15, -0.1) is 0 Å². The molecule has 2 nitrogen and oxygen atoms in total. The molecule has 0 bridgehead atoms. The molecule has 0 saturated heterocycles. The Labute approximate surface area is 112 Å². The highest BCUT2D eigenvalue weighted by Gasteiger charge is 2.07. The Balaban J connectivity index is 2.24. The van der Waals surface area contributed by atoms with Crippen molar-refractivity contribution in [2.24, 2.45) is 0 Å². The molecule has 1 aromatic rings. The van der Waals surface area contributed by atoms with Crippen LogP contribution >= 0.6 is 15.9 Å². The quantitative estimate of drug-likeness (QED) is 0.559. The zero-order valence-electron chi connectivity index (χ0n) is 10.4. The number of alkyl halides is 1. The third kappa shape index (κ3) is 5.87. The lowest BCUT2D eigenvalue weighted by Gasteiger charge is -2.17. The maximum absolute atomic E-state index is 11.7. The SMILES string of the molecule is CN(CCc1ccccc1)C(=O)CCCCBr. The van der Waals surface area contributed by atoms with E-state index < -0.39 is 0 Å². The van der Waals surface area contributed by atoms with Gasteiger partial charge in [0.15, 0.2) is 0 Å². The molecule has 0 aromatic heterocycles. The van der Waals surface area contributed by atoms with E-state index in [9.17, 15) is 4.79 Å². The number of unbranched alkanes of at least 4 members (excludes halogenated alkanes) is 1. The number of nitrogens with zero attached hydrogens (tertiary/aromatic N) is 1. The lowest BCUT2D eigenvalue weighted by atomic mass is 10.1. The Bertz CT molecular complexity index is 326. The van der Waals surface area contributed by atoms with Gasteiger partial charge in [-0.3, -0.25) is 4.79 Å². The Morgan fingerprint density at radius 1 is 1.24 bits per heavy atom. The van der Waals surface area contributed by atoms with Crippen molar-refractivity contribution < 1.29 is 4.79 Å². The largest absolute Gasteiger partial charge is 0.345 e. The summed E-state index contributed by atoms with van der Waals surface area (Å²) in [7, 11) is 1.89. The van der Waals surface area contributed by atoms with Crippen molar-refractivity contribution in [3.8, 4) is 0 Å². The second kappa shape index (κ2) is 8.29. The fourth-order valence-corrected chi connectivity index (χ4v) is 2.02. The van der Waals surface area contributed by atoms with Crippen molar-refractivity contribution >= 4 is 21.8 Å². The van der Waals surface area contributed by atoms with Crippen molar-refractivity contribution in [3.05, 3.63) is 35.9 Å². The summed E-state index contributed by atoms with van der Waals surface area (Å²) in [6, 6.07) is 10.3. The maximum atomic E-state index is 11.7. The number of carbonyl (C=O) groups is 1. The summed E-state index contributed by atoms with van der Waals surface area (Å²) in [5.41, 5.74) is 1.28. The first-order valence-corrected chi connectivity index (χ1v) is 7.20. The van der Waals surface area contributed by atoms with Gasteiger partial charge < -0.3 is 4.90 Å². The molecule has 0 aliphatic rings. The summed E-state index contributed by atoms with van der Waals surface area (Å²) >= 11 is 3.37. The van der Waals surface area contributed by atoms with Crippen LogP contribution in [0.1, 0.15) is 24.8 Å². The van der Waals surface area contributed by atoms with Gasteiger partial charge in [0.25, 0.3) is 0 Å². The molecule has 1 aromatic carbocycles. The number of carbonyl (C=O) groups excluding carboxylic acids is 1. The van der Waals surface area contributed by atoms with Crippen molar-refractivity contribution in [3.63, 3.8) is 0 Å². The number of halogens is 1. The number of hydrogen-bond acceptors (Lipinski definition) is 1. The Kier molecular flexibility index (Phi) is 6.94. The van der Waals surface area contributed by atoms with Gasteiger partial charge in [0.2, 0.25) is 5.91 Å². The van der Waals surface area contributed by atoms with Gasteiger partial charge in [0.05, 0.1) is 0 Å². The Morgan fingerprint density at radius 3 is 2.59 bits per heavy atom. The van der Waals surface area contributed by atoms with E-state index in [0.29, 0.717) is 6.42 Å². The first kappa shape index (κ1) is 14.2. The van der Waals surface area contributed by atoms with Crippen molar-refractivity contribution in [2.45, 2.75) is 25.7 Å². The van der Waals surface area contributed by atoms with Gasteiger partial charge in [-0.05, 0) is 24.8 Å². The zero-order chi connectivity index (χ0) is 12.5. The van der Waals surface area contributed by atoms with Crippen LogP contribution in [0.5, 0.6) is 0 Å². The predicted molar refractivity (Wildman–Crippen MR) is 75.4 cm³/mol. The van der Waals surface area contributed by atoms with E-state index in [1.165, 1.54) is 5.56 Å². The van der Waals surface area contributed by atoms with E-state index >= 15 is 0 Å². The first-order valence-electron chi connectivity index (χ1n) is 6.08. The average Bonchev–Trinajstić information content (AvgIpc) is 2.37. The van der Waals surface area contributed by atoms with Crippen LogP contribution < -0.4 is 0 Å². The molecule has 0 radical (unpaired) electrons. The van der Waals surface area contributed by atoms with Crippen molar-refractivity contribution in [1.29, 1.82) is 0 Å². The van der Waals surface area contributed by atoms with Crippen molar-refractivity contribution in [2.75, 3.05) is 18.9 Å². The molecule has 0 N–H and O–H groups in total. The molecule has 17 heavy (non-hydrogen) atoms. The van der Waals surface area contributed by atoms with Crippen LogP contribution in [-0.2, 0) is 11.2 Å². The molecular formula is C14H20BrNO. The first-order chi connectivity index (χ1) is 8.24. The molecule has 0 aliphatic heterocycles. The lowest BCUT2D eigenvalue weighted by molar-refractivity contribution is -0.129. The summed E-state index contributed by atoms with van der Waals surface area (Å²) in [5, 5.41) is 0.980.